The average molecular weight is 605 g/mol. The van der Waals surface area contributed by atoms with Gasteiger partial charge in [0.2, 0.25) is 5.91 Å². The first-order chi connectivity index (χ1) is 19.8. The smallest absolute Gasteiger partial charge is 0.338 e. The zero-order valence-corrected chi connectivity index (χ0v) is 24.9. The summed E-state index contributed by atoms with van der Waals surface area (Å²) in [5.74, 6) is -2.57. The molecule has 0 saturated carbocycles. The van der Waals surface area contributed by atoms with Gasteiger partial charge in [-0.3, -0.25) is 9.78 Å². The summed E-state index contributed by atoms with van der Waals surface area (Å²) in [5, 5.41) is 12.2. The molecule has 1 aromatic heterocycles. The topological polar surface area (TPSA) is 88.5 Å². The second-order valence-electron chi connectivity index (χ2n) is 11.1. The summed E-state index contributed by atoms with van der Waals surface area (Å²) in [7, 11) is 0. The molecule has 2 aromatic carbocycles. The van der Waals surface area contributed by atoms with Crippen molar-refractivity contribution in [2.75, 3.05) is 11.9 Å². The second kappa shape index (κ2) is 14.6. The van der Waals surface area contributed by atoms with E-state index in [2.05, 4.69) is 10.3 Å². The second-order valence-corrected chi connectivity index (χ2v) is 11.5. The SMILES string of the molecule is CCCC(CCO)CC(C(=O)Nc1ccc(C(=O)OC(C)(C)C)cc1)c1ccc(-c2c(C(F)F)ccc(Cl)c2F)cn1. The van der Waals surface area contributed by atoms with E-state index in [1.54, 1.807) is 45.0 Å². The highest BCUT2D eigenvalue weighted by molar-refractivity contribution is 6.31. The third-order valence-corrected chi connectivity index (χ3v) is 6.99. The number of nitrogens with zero attached hydrogens (tertiary/aromatic N) is 1. The third-order valence-electron chi connectivity index (χ3n) is 6.70. The Kier molecular flexibility index (Phi) is 11.5. The highest BCUT2D eigenvalue weighted by Crippen LogP contribution is 2.37. The summed E-state index contributed by atoms with van der Waals surface area (Å²) in [5.41, 5.74) is -0.255. The summed E-state index contributed by atoms with van der Waals surface area (Å²) in [4.78, 5) is 30.3. The van der Waals surface area contributed by atoms with Crippen molar-refractivity contribution in [3.8, 4) is 11.1 Å². The summed E-state index contributed by atoms with van der Waals surface area (Å²) in [6, 6.07) is 11.4. The Labute approximate surface area is 249 Å². The molecule has 10 heteroatoms. The molecular weight excluding hydrogens is 569 g/mol. The van der Waals surface area contributed by atoms with Crippen molar-refractivity contribution in [2.24, 2.45) is 5.92 Å². The van der Waals surface area contributed by atoms with Crippen molar-refractivity contribution in [1.29, 1.82) is 0 Å². The van der Waals surface area contributed by atoms with Gasteiger partial charge in [0.15, 0.2) is 0 Å². The van der Waals surface area contributed by atoms with Crippen molar-refractivity contribution in [1.82, 2.24) is 4.98 Å². The summed E-state index contributed by atoms with van der Waals surface area (Å²) >= 11 is 5.87. The lowest BCUT2D eigenvalue weighted by atomic mass is 9.86. The van der Waals surface area contributed by atoms with Gasteiger partial charge in [0, 0.05) is 35.2 Å². The number of hydrogen-bond acceptors (Lipinski definition) is 5. The number of hydrogen-bond donors (Lipinski definition) is 2. The fourth-order valence-electron chi connectivity index (χ4n) is 4.72. The minimum absolute atomic E-state index is 0.0163. The van der Waals surface area contributed by atoms with E-state index < -0.39 is 35.3 Å². The first-order valence-corrected chi connectivity index (χ1v) is 14.2. The fourth-order valence-corrected chi connectivity index (χ4v) is 4.88. The lowest BCUT2D eigenvalue weighted by Crippen LogP contribution is -2.25. The van der Waals surface area contributed by atoms with Crippen LogP contribution in [0.3, 0.4) is 0 Å². The predicted molar refractivity (Wildman–Crippen MR) is 157 cm³/mol. The molecule has 2 atom stereocenters. The Morgan fingerprint density at radius 3 is 2.29 bits per heavy atom. The molecule has 2 unspecified atom stereocenters. The molecule has 0 saturated heterocycles. The van der Waals surface area contributed by atoms with Crippen molar-refractivity contribution >= 4 is 29.2 Å². The van der Waals surface area contributed by atoms with Crippen molar-refractivity contribution in [2.45, 2.75) is 71.3 Å². The number of ether oxygens (including phenoxy) is 1. The number of halogens is 4. The number of pyridine rings is 1. The van der Waals surface area contributed by atoms with Crippen LogP contribution in [0, 0.1) is 11.7 Å². The monoisotopic (exact) mass is 604 g/mol. The van der Waals surface area contributed by atoms with Crippen molar-refractivity contribution < 1.29 is 32.6 Å². The van der Waals surface area contributed by atoms with Gasteiger partial charge in [-0.05, 0) is 75.9 Å². The molecule has 1 amide bonds. The molecule has 3 rings (SSSR count). The third kappa shape index (κ3) is 8.79. The van der Waals surface area contributed by atoms with Crippen LogP contribution in [-0.4, -0.2) is 34.2 Å². The van der Waals surface area contributed by atoms with Crippen LogP contribution >= 0.6 is 11.6 Å². The molecule has 1 heterocycles. The van der Waals surface area contributed by atoms with Gasteiger partial charge in [-0.15, -0.1) is 0 Å². The maximum atomic E-state index is 14.8. The van der Waals surface area contributed by atoms with Gasteiger partial charge in [0.05, 0.1) is 22.2 Å². The maximum absolute atomic E-state index is 14.8. The van der Waals surface area contributed by atoms with Gasteiger partial charge in [0.25, 0.3) is 6.43 Å². The number of esters is 1. The number of anilines is 1. The molecular formula is C32H36ClF3N2O4. The van der Waals surface area contributed by atoms with E-state index in [0.29, 0.717) is 29.8 Å². The van der Waals surface area contributed by atoms with E-state index in [9.17, 15) is 27.9 Å². The summed E-state index contributed by atoms with van der Waals surface area (Å²) in [6.45, 7) is 7.28. The zero-order chi connectivity index (χ0) is 31.0. The van der Waals surface area contributed by atoms with Gasteiger partial charge < -0.3 is 15.2 Å². The van der Waals surface area contributed by atoms with Crippen LogP contribution in [-0.2, 0) is 9.53 Å². The van der Waals surface area contributed by atoms with Gasteiger partial charge in [-0.2, -0.15) is 0 Å². The summed E-state index contributed by atoms with van der Waals surface area (Å²) in [6.07, 6.45) is 0.815. The number of benzene rings is 2. The highest BCUT2D eigenvalue weighted by atomic mass is 35.5. The lowest BCUT2D eigenvalue weighted by molar-refractivity contribution is -0.118. The quantitative estimate of drug-likeness (QED) is 0.203. The van der Waals surface area contributed by atoms with E-state index in [1.165, 1.54) is 18.3 Å². The van der Waals surface area contributed by atoms with Crippen LogP contribution in [0.1, 0.15) is 87.3 Å². The van der Waals surface area contributed by atoms with Crippen LogP contribution in [0.15, 0.2) is 54.7 Å². The molecule has 6 nitrogen and oxygen atoms in total. The number of nitrogens with one attached hydrogen (secondary N) is 1. The number of aliphatic hydroxyl groups is 1. The molecule has 2 N–H and O–H groups in total. The van der Waals surface area contributed by atoms with Crippen LogP contribution in [0.4, 0.5) is 18.9 Å². The molecule has 0 radical (unpaired) electrons. The Bertz CT molecular complexity index is 1350. The number of carbonyl (C=O) groups excluding carboxylic acids is 2. The van der Waals surface area contributed by atoms with Crippen LogP contribution in [0.5, 0.6) is 0 Å². The van der Waals surface area contributed by atoms with Gasteiger partial charge in [-0.25, -0.2) is 18.0 Å². The molecule has 0 aliphatic heterocycles. The average Bonchev–Trinajstić information content (AvgIpc) is 2.92. The van der Waals surface area contributed by atoms with Gasteiger partial charge >= 0.3 is 5.97 Å². The molecule has 226 valence electrons. The number of aromatic nitrogens is 1. The van der Waals surface area contributed by atoms with Crippen molar-refractivity contribution in [3.05, 3.63) is 82.4 Å². The number of amides is 1. The van der Waals surface area contributed by atoms with Crippen molar-refractivity contribution in [3.63, 3.8) is 0 Å². The lowest BCUT2D eigenvalue weighted by Gasteiger charge is -2.23. The molecule has 0 aliphatic carbocycles. The predicted octanol–water partition coefficient (Wildman–Crippen LogP) is 8.35. The zero-order valence-electron chi connectivity index (χ0n) is 24.1. The largest absolute Gasteiger partial charge is 0.456 e. The maximum Gasteiger partial charge on any atom is 0.338 e. The summed E-state index contributed by atoms with van der Waals surface area (Å²) < 4.78 is 47.5. The minimum Gasteiger partial charge on any atom is -0.456 e. The standard InChI is InChI=1S/C32H36ClF3N2O4/c1-5-6-19(15-16-39)17-24(30(40)38-22-10-7-20(8-11-22)31(41)42-32(2,3)4)26-14-9-21(18-37-26)27-23(29(35)36)12-13-25(33)28(27)34/h7-14,18-19,24,29,39H,5-6,15-17H2,1-4H3,(H,38,40). The Morgan fingerprint density at radius 2 is 1.74 bits per heavy atom. The number of rotatable bonds is 12. The molecule has 0 bridgehead atoms. The van der Waals surface area contributed by atoms with Gasteiger partial charge in [-0.1, -0.05) is 43.5 Å². The molecule has 0 fully saturated rings. The molecule has 3 aromatic rings. The van der Waals surface area contributed by atoms with E-state index in [1.807, 2.05) is 6.92 Å². The van der Waals surface area contributed by atoms with E-state index in [-0.39, 0.29) is 34.6 Å². The first kappa shape index (κ1) is 33.1. The molecule has 0 aliphatic rings. The van der Waals surface area contributed by atoms with Crippen LogP contribution < -0.4 is 5.32 Å². The fraction of sp³-hybridized carbons (Fsp3) is 0.406. The molecule has 42 heavy (non-hydrogen) atoms. The van der Waals surface area contributed by atoms with Gasteiger partial charge in [0.1, 0.15) is 11.4 Å². The van der Waals surface area contributed by atoms with E-state index >= 15 is 0 Å². The van der Waals surface area contributed by atoms with Crippen LogP contribution in [0.2, 0.25) is 5.02 Å². The molecule has 0 spiro atoms. The van der Waals surface area contributed by atoms with E-state index in [4.69, 9.17) is 16.3 Å². The Hall–Kier alpha value is -3.43. The number of carbonyl (C=O) groups is 2. The number of aliphatic hydroxyl groups excluding tert-OH is 1. The first-order valence-electron chi connectivity index (χ1n) is 13.8. The Morgan fingerprint density at radius 1 is 1.05 bits per heavy atom. The minimum atomic E-state index is -2.93. The highest BCUT2D eigenvalue weighted by Gasteiger charge is 2.27. The van der Waals surface area contributed by atoms with E-state index in [0.717, 1.165) is 25.0 Å². The van der Waals surface area contributed by atoms with Crippen LogP contribution in [0.25, 0.3) is 11.1 Å². The Balaban J connectivity index is 1.91. The normalized spacial score (nSPS) is 13.1. The number of alkyl halides is 2.